The molecule has 2 nitrogen and oxygen atoms in total. The van der Waals surface area contributed by atoms with Crippen molar-refractivity contribution in [3.05, 3.63) is 47.8 Å². The number of hydrogen-bond donors (Lipinski definition) is 0. The summed E-state index contributed by atoms with van der Waals surface area (Å²) >= 11 is 1.48. The fourth-order valence-electron chi connectivity index (χ4n) is 1.51. The first-order valence-corrected chi connectivity index (χ1v) is 7.62. The summed E-state index contributed by atoms with van der Waals surface area (Å²) in [6.45, 7) is 2.31. The van der Waals surface area contributed by atoms with E-state index in [9.17, 15) is 4.57 Å². The highest BCUT2D eigenvalue weighted by Gasteiger charge is 2.28. The van der Waals surface area contributed by atoms with Crippen molar-refractivity contribution < 1.29 is 9.09 Å². The lowest BCUT2D eigenvalue weighted by Crippen LogP contribution is -2.15. The summed E-state index contributed by atoms with van der Waals surface area (Å²) in [6, 6.07) is 13.2. The third-order valence-corrected chi connectivity index (χ3v) is 6.24. The molecule has 2 aromatic rings. The van der Waals surface area contributed by atoms with E-state index in [1.165, 1.54) is 11.3 Å². The van der Waals surface area contributed by atoms with Crippen LogP contribution in [0.4, 0.5) is 0 Å². The lowest BCUT2D eigenvalue weighted by molar-refractivity contribution is 0.348. The first-order valence-electron chi connectivity index (χ1n) is 5.11. The van der Waals surface area contributed by atoms with E-state index in [1.807, 2.05) is 54.8 Å². The first kappa shape index (κ1) is 11.6. The van der Waals surface area contributed by atoms with Crippen molar-refractivity contribution in [1.82, 2.24) is 0 Å². The Balaban J connectivity index is 2.49. The topological polar surface area (TPSA) is 26.3 Å². The van der Waals surface area contributed by atoms with Gasteiger partial charge in [-0.2, -0.15) is 0 Å². The zero-order valence-electron chi connectivity index (χ0n) is 9.00. The highest BCUT2D eigenvalue weighted by atomic mass is 32.1. The Labute approximate surface area is 99.3 Å². The molecule has 0 aliphatic carbocycles. The fourth-order valence-corrected chi connectivity index (χ4v) is 4.92. The molecule has 1 atom stereocenters. The van der Waals surface area contributed by atoms with Crippen LogP contribution in [0.25, 0.3) is 0 Å². The molecule has 2 rings (SSSR count). The minimum atomic E-state index is -2.86. The van der Waals surface area contributed by atoms with E-state index in [-0.39, 0.29) is 0 Å². The number of benzene rings is 1. The fraction of sp³-hybridized carbons (Fsp3) is 0.167. The average molecular weight is 252 g/mol. The molecule has 4 heteroatoms. The second kappa shape index (κ2) is 4.96. The van der Waals surface area contributed by atoms with E-state index in [1.54, 1.807) is 0 Å². The number of hydrogen-bond acceptors (Lipinski definition) is 3. The largest absolute Gasteiger partial charge is 0.322 e. The van der Waals surface area contributed by atoms with Crippen LogP contribution in [0.5, 0.6) is 0 Å². The molecule has 0 aliphatic rings. The summed E-state index contributed by atoms with van der Waals surface area (Å²) in [4.78, 5) is 0. The van der Waals surface area contributed by atoms with Crippen LogP contribution in [0.3, 0.4) is 0 Å². The van der Waals surface area contributed by atoms with Crippen molar-refractivity contribution in [3.8, 4) is 0 Å². The molecule has 0 bridgehead atoms. The maximum atomic E-state index is 12.9. The SMILES string of the molecule is CCOP(=O)(c1ccccc1)c1cccs1. The normalized spacial score (nSPS) is 14.6. The molecule has 0 N–H and O–H groups in total. The van der Waals surface area contributed by atoms with E-state index in [4.69, 9.17) is 4.52 Å². The van der Waals surface area contributed by atoms with Gasteiger partial charge in [0.15, 0.2) is 0 Å². The summed E-state index contributed by atoms with van der Waals surface area (Å²) < 4.78 is 19.2. The minimum Gasteiger partial charge on any atom is -0.322 e. The van der Waals surface area contributed by atoms with E-state index in [0.717, 1.165) is 9.92 Å². The molecule has 0 fully saturated rings. The molecule has 0 saturated heterocycles. The van der Waals surface area contributed by atoms with E-state index in [0.29, 0.717) is 6.61 Å². The summed E-state index contributed by atoms with van der Waals surface area (Å²) in [5.41, 5.74) is 0. The Morgan fingerprint density at radius 3 is 2.50 bits per heavy atom. The van der Waals surface area contributed by atoms with Gasteiger partial charge < -0.3 is 4.52 Å². The van der Waals surface area contributed by atoms with Gasteiger partial charge in [-0.15, -0.1) is 11.3 Å². The lowest BCUT2D eigenvalue weighted by atomic mass is 10.4. The maximum absolute atomic E-state index is 12.9. The molecule has 1 aromatic heterocycles. The highest BCUT2D eigenvalue weighted by molar-refractivity contribution is 7.79. The minimum absolute atomic E-state index is 0.448. The average Bonchev–Trinajstić information content (AvgIpc) is 2.84. The number of thiophene rings is 1. The predicted molar refractivity (Wildman–Crippen MR) is 69.3 cm³/mol. The van der Waals surface area contributed by atoms with Crippen molar-refractivity contribution in [3.63, 3.8) is 0 Å². The highest BCUT2D eigenvalue weighted by Crippen LogP contribution is 2.45. The maximum Gasteiger partial charge on any atom is 0.270 e. The van der Waals surface area contributed by atoms with Crippen LogP contribution < -0.4 is 9.92 Å². The second-order valence-electron chi connectivity index (χ2n) is 3.26. The van der Waals surface area contributed by atoms with Gasteiger partial charge in [0.2, 0.25) is 0 Å². The molecular weight excluding hydrogens is 239 g/mol. The predicted octanol–water partition coefficient (Wildman–Crippen LogP) is 3.01. The summed E-state index contributed by atoms with van der Waals surface area (Å²) in [5.74, 6) is 0. The third-order valence-electron chi connectivity index (χ3n) is 2.20. The smallest absolute Gasteiger partial charge is 0.270 e. The van der Waals surface area contributed by atoms with Crippen molar-refractivity contribution in [2.45, 2.75) is 6.92 Å². The third kappa shape index (κ3) is 2.12. The van der Waals surface area contributed by atoms with Gasteiger partial charge in [-0.3, -0.25) is 4.57 Å². The van der Waals surface area contributed by atoms with Gasteiger partial charge >= 0.3 is 0 Å². The summed E-state index contributed by atoms with van der Waals surface area (Å²) in [7, 11) is -2.86. The summed E-state index contributed by atoms with van der Waals surface area (Å²) in [5, 5.41) is 2.68. The molecule has 0 radical (unpaired) electrons. The van der Waals surface area contributed by atoms with Crippen molar-refractivity contribution in [2.75, 3.05) is 6.61 Å². The van der Waals surface area contributed by atoms with Crippen LogP contribution in [0.2, 0.25) is 0 Å². The van der Waals surface area contributed by atoms with Gasteiger partial charge in [0.1, 0.15) is 0 Å². The molecule has 1 unspecified atom stereocenters. The Morgan fingerprint density at radius 1 is 1.19 bits per heavy atom. The molecule has 84 valence electrons. The van der Waals surface area contributed by atoms with Gasteiger partial charge in [0.05, 0.1) is 11.2 Å². The molecule has 1 heterocycles. The standard InChI is InChI=1S/C12H13O2PS/c1-2-14-15(13,12-9-6-10-16-12)11-7-4-3-5-8-11/h3-10H,2H2,1H3. The molecule has 0 amide bonds. The zero-order chi connectivity index (χ0) is 11.4. The molecule has 0 aliphatic heterocycles. The molecule has 1 aromatic carbocycles. The van der Waals surface area contributed by atoms with Gasteiger partial charge in [-0.05, 0) is 30.5 Å². The first-order chi connectivity index (χ1) is 7.77. The van der Waals surface area contributed by atoms with Crippen molar-refractivity contribution in [2.24, 2.45) is 0 Å². The zero-order valence-corrected chi connectivity index (χ0v) is 10.7. The van der Waals surface area contributed by atoms with E-state index >= 15 is 0 Å². The van der Waals surface area contributed by atoms with Crippen molar-refractivity contribution in [1.29, 1.82) is 0 Å². The molecule has 0 spiro atoms. The van der Waals surface area contributed by atoms with Crippen LogP contribution in [0.1, 0.15) is 6.92 Å². The van der Waals surface area contributed by atoms with Gasteiger partial charge in [0.25, 0.3) is 7.37 Å². The second-order valence-corrected chi connectivity index (χ2v) is 6.87. The lowest BCUT2D eigenvalue weighted by Gasteiger charge is -2.16. The Kier molecular flexibility index (Phi) is 3.59. The molecular formula is C12H13O2PS. The number of rotatable bonds is 4. The van der Waals surface area contributed by atoms with Crippen LogP contribution in [-0.4, -0.2) is 6.61 Å². The van der Waals surface area contributed by atoms with E-state index < -0.39 is 7.37 Å². The van der Waals surface area contributed by atoms with E-state index in [2.05, 4.69) is 0 Å². The Bertz CT molecular complexity index is 479. The molecule has 16 heavy (non-hydrogen) atoms. The molecule has 0 saturated carbocycles. The van der Waals surface area contributed by atoms with Gasteiger partial charge in [0, 0.05) is 5.30 Å². The summed E-state index contributed by atoms with van der Waals surface area (Å²) in [6.07, 6.45) is 0. The Morgan fingerprint density at radius 2 is 1.94 bits per heavy atom. The quantitative estimate of drug-likeness (QED) is 0.782. The van der Waals surface area contributed by atoms with Crippen LogP contribution in [0, 0.1) is 0 Å². The van der Waals surface area contributed by atoms with Gasteiger partial charge in [-0.1, -0.05) is 24.3 Å². The van der Waals surface area contributed by atoms with Crippen molar-refractivity contribution >= 4 is 28.6 Å². The van der Waals surface area contributed by atoms with Crippen LogP contribution in [0.15, 0.2) is 47.8 Å². The monoisotopic (exact) mass is 252 g/mol. The van der Waals surface area contributed by atoms with Gasteiger partial charge in [-0.25, -0.2) is 0 Å². The van der Waals surface area contributed by atoms with Crippen LogP contribution in [-0.2, 0) is 9.09 Å². The Hall–Kier alpha value is -0.890. The van der Waals surface area contributed by atoms with Crippen LogP contribution >= 0.6 is 18.7 Å².